The maximum atomic E-state index is 10.6. The average Bonchev–Trinajstić information content (AvgIpc) is 2.60. The number of carbonyl (C=O) groups is 1. The third-order valence-corrected chi connectivity index (χ3v) is 3.95. The van der Waals surface area contributed by atoms with Crippen LogP contribution >= 0.6 is 23.2 Å². The fraction of sp³-hybridized carbons (Fsp3) is 0.222. The third kappa shape index (κ3) is 5.82. The molecule has 6 nitrogen and oxygen atoms in total. The van der Waals surface area contributed by atoms with E-state index in [0.29, 0.717) is 34.7 Å². The SMILES string of the molecule is CCOc1cc(/C=N\NCc2c(Cl)cccc2Cl)ccc1OCC(=O)O. The standard InChI is InChI=1S/C18H18Cl2N2O4/c1-2-25-17-8-12(6-7-16(17)26-11-18(23)24)9-21-22-10-13-14(19)4-3-5-15(13)20/h3-9,22H,2,10-11H2,1H3,(H,23,24)/b21-9-. The molecular weight excluding hydrogens is 379 g/mol. The van der Waals surface area contributed by atoms with Crippen LogP contribution in [0.1, 0.15) is 18.1 Å². The molecule has 0 atom stereocenters. The van der Waals surface area contributed by atoms with Gasteiger partial charge in [-0.3, -0.25) is 0 Å². The van der Waals surface area contributed by atoms with Crippen molar-refractivity contribution in [3.63, 3.8) is 0 Å². The number of hydrazone groups is 1. The number of carboxylic acids is 1. The lowest BCUT2D eigenvalue weighted by Gasteiger charge is -2.11. The summed E-state index contributed by atoms with van der Waals surface area (Å²) in [6.45, 7) is 2.20. The van der Waals surface area contributed by atoms with Crippen LogP contribution in [0.3, 0.4) is 0 Å². The lowest BCUT2D eigenvalue weighted by Crippen LogP contribution is -2.10. The molecule has 0 aliphatic rings. The summed E-state index contributed by atoms with van der Waals surface area (Å²) >= 11 is 12.2. The Labute approximate surface area is 161 Å². The van der Waals surface area contributed by atoms with Gasteiger partial charge in [0, 0.05) is 15.6 Å². The average molecular weight is 397 g/mol. The van der Waals surface area contributed by atoms with E-state index in [1.54, 1.807) is 42.6 Å². The van der Waals surface area contributed by atoms with Crippen LogP contribution in [0, 0.1) is 0 Å². The molecule has 0 spiro atoms. The molecule has 138 valence electrons. The van der Waals surface area contributed by atoms with Gasteiger partial charge in [-0.05, 0) is 42.8 Å². The van der Waals surface area contributed by atoms with Gasteiger partial charge in [-0.2, -0.15) is 5.10 Å². The van der Waals surface area contributed by atoms with Crippen LogP contribution < -0.4 is 14.9 Å². The Hall–Kier alpha value is -2.44. The molecule has 2 aromatic rings. The maximum Gasteiger partial charge on any atom is 0.341 e. The monoisotopic (exact) mass is 396 g/mol. The largest absolute Gasteiger partial charge is 0.490 e. The van der Waals surface area contributed by atoms with Gasteiger partial charge in [0.05, 0.1) is 19.4 Å². The Bertz CT molecular complexity index is 777. The summed E-state index contributed by atoms with van der Waals surface area (Å²) in [5, 5.41) is 14.0. The summed E-state index contributed by atoms with van der Waals surface area (Å²) in [6, 6.07) is 10.4. The van der Waals surface area contributed by atoms with Crippen molar-refractivity contribution < 1.29 is 19.4 Å². The van der Waals surface area contributed by atoms with Gasteiger partial charge in [0.15, 0.2) is 18.1 Å². The van der Waals surface area contributed by atoms with Crippen molar-refractivity contribution in [2.24, 2.45) is 5.10 Å². The van der Waals surface area contributed by atoms with Gasteiger partial charge in [-0.1, -0.05) is 29.3 Å². The number of hydrogen-bond donors (Lipinski definition) is 2. The molecule has 0 radical (unpaired) electrons. The molecular formula is C18H18Cl2N2O4. The van der Waals surface area contributed by atoms with Crippen molar-refractivity contribution in [2.75, 3.05) is 13.2 Å². The first kappa shape index (κ1) is 19.9. The Morgan fingerprint density at radius 1 is 1.19 bits per heavy atom. The molecule has 2 rings (SSSR count). The van der Waals surface area contributed by atoms with E-state index in [1.807, 2.05) is 6.92 Å². The first-order valence-electron chi connectivity index (χ1n) is 7.81. The molecule has 0 aromatic heterocycles. The minimum atomic E-state index is -1.06. The molecule has 0 saturated carbocycles. The molecule has 0 heterocycles. The smallest absolute Gasteiger partial charge is 0.341 e. The second kappa shape index (κ2) is 9.89. The number of ether oxygens (including phenoxy) is 2. The predicted octanol–water partition coefficient (Wildman–Crippen LogP) is 3.98. The summed E-state index contributed by atoms with van der Waals surface area (Å²) < 4.78 is 10.7. The second-order valence-electron chi connectivity index (χ2n) is 5.11. The van der Waals surface area contributed by atoms with Gasteiger partial charge < -0.3 is 20.0 Å². The van der Waals surface area contributed by atoms with Crippen LogP contribution in [0.5, 0.6) is 11.5 Å². The minimum absolute atomic E-state index is 0.363. The highest BCUT2D eigenvalue weighted by atomic mass is 35.5. The zero-order valence-corrected chi connectivity index (χ0v) is 15.5. The first-order valence-corrected chi connectivity index (χ1v) is 8.57. The maximum absolute atomic E-state index is 10.6. The third-order valence-electron chi connectivity index (χ3n) is 3.24. The van der Waals surface area contributed by atoms with Crippen LogP contribution in [0.2, 0.25) is 10.0 Å². The van der Waals surface area contributed by atoms with Gasteiger partial charge >= 0.3 is 5.97 Å². The van der Waals surface area contributed by atoms with E-state index in [9.17, 15) is 4.79 Å². The van der Waals surface area contributed by atoms with E-state index in [1.165, 1.54) is 0 Å². The van der Waals surface area contributed by atoms with Gasteiger partial charge in [0.2, 0.25) is 0 Å². The molecule has 2 aromatic carbocycles. The second-order valence-corrected chi connectivity index (χ2v) is 5.93. The molecule has 0 aliphatic carbocycles. The van der Waals surface area contributed by atoms with Gasteiger partial charge in [-0.25, -0.2) is 4.79 Å². The van der Waals surface area contributed by atoms with Crippen LogP contribution in [0.15, 0.2) is 41.5 Å². The highest BCUT2D eigenvalue weighted by Crippen LogP contribution is 2.28. The lowest BCUT2D eigenvalue weighted by molar-refractivity contribution is -0.139. The zero-order chi connectivity index (χ0) is 18.9. The number of benzene rings is 2. The van der Waals surface area contributed by atoms with Gasteiger partial charge in [-0.15, -0.1) is 0 Å². The summed E-state index contributed by atoms with van der Waals surface area (Å²) in [7, 11) is 0. The van der Waals surface area contributed by atoms with Crippen LogP contribution in [0.4, 0.5) is 0 Å². The van der Waals surface area contributed by atoms with E-state index >= 15 is 0 Å². The van der Waals surface area contributed by atoms with E-state index in [0.717, 1.165) is 11.1 Å². The Morgan fingerprint density at radius 3 is 2.58 bits per heavy atom. The van der Waals surface area contributed by atoms with Gasteiger partial charge in [0.1, 0.15) is 0 Å². The number of hydrogen-bond acceptors (Lipinski definition) is 5. The van der Waals surface area contributed by atoms with E-state index in [4.69, 9.17) is 37.8 Å². The Balaban J connectivity index is 2.03. The summed E-state index contributed by atoms with van der Waals surface area (Å²) in [5.41, 5.74) is 4.41. The summed E-state index contributed by atoms with van der Waals surface area (Å²) in [4.78, 5) is 10.6. The van der Waals surface area contributed by atoms with Crippen molar-refractivity contribution >= 4 is 35.4 Å². The van der Waals surface area contributed by atoms with E-state index in [2.05, 4.69) is 10.5 Å². The first-order chi connectivity index (χ1) is 12.5. The van der Waals surface area contributed by atoms with Crippen molar-refractivity contribution in [1.29, 1.82) is 0 Å². The number of aliphatic carboxylic acids is 1. The van der Waals surface area contributed by atoms with Crippen LogP contribution in [-0.4, -0.2) is 30.5 Å². The minimum Gasteiger partial charge on any atom is -0.490 e. The highest BCUT2D eigenvalue weighted by molar-refractivity contribution is 6.35. The molecule has 0 aliphatic heterocycles. The van der Waals surface area contributed by atoms with E-state index in [-0.39, 0.29) is 0 Å². The van der Waals surface area contributed by atoms with Crippen LogP contribution in [0.25, 0.3) is 0 Å². The summed E-state index contributed by atoms with van der Waals surface area (Å²) in [5.74, 6) is -0.241. The Morgan fingerprint density at radius 2 is 1.92 bits per heavy atom. The highest BCUT2D eigenvalue weighted by Gasteiger charge is 2.08. The van der Waals surface area contributed by atoms with Crippen molar-refractivity contribution in [3.8, 4) is 11.5 Å². The number of nitrogens with zero attached hydrogens (tertiary/aromatic N) is 1. The molecule has 0 bridgehead atoms. The topological polar surface area (TPSA) is 80.1 Å². The lowest BCUT2D eigenvalue weighted by atomic mass is 10.2. The predicted molar refractivity (Wildman–Crippen MR) is 102 cm³/mol. The molecule has 2 N–H and O–H groups in total. The molecule has 0 amide bonds. The normalized spacial score (nSPS) is 10.7. The molecule has 0 fully saturated rings. The molecule has 8 heteroatoms. The molecule has 0 unspecified atom stereocenters. The number of halogens is 2. The van der Waals surface area contributed by atoms with Crippen molar-refractivity contribution in [3.05, 3.63) is 57.6 Å². The number of carboxylic acid groups (broad SMARTS) is 1. The fourth-order valence-electron chi connectivity index (χ4n) is 2.08. The van der Waals surface area contributed by atoms with Gasteiger partial charge in [0.25, 0.3) is 0 Å². The Kier molecular flexibility index (Phi) is 7.56. The summed E-state index contributed by atoms with van der Waals surface area (Å²) in [6.07, 6.45) is 1.61. The molecule has 0 saturated heterocycles. The number of rotatable bonds is 9. The zero-order valence-electron chi connectivity index (χ0n) is 14.0. The van der Waals surface area contributed by atoms with Crippen molar-refractivity contribution in [2.45, 2.75) is 13.5 Å². The van der Waals surface area contributed by atoms with Crippen LogP contribution in [-0.2, 0) is 11.3 Å². The van der Waals surface area contributed by atoms with E-state index < -0.39 is 12.6 Å². The fourth-order valence-corrected chi connectivity index (χ4v) is 2.61. The number of nitrogens with one attached hydrogen (secondary N) is 1. The van der Waals surface area contributed by atoms with Crippen molar-refractivity contribution in [1.82, 2.24) is 5.43 Å². The quantitative estimate of drug-likeness (QED) is 0.494. The molecule has 26 heavy (non-hydrogen) atoms.